The van der Waals surface area contributed by atoms with E-state index in [9.17, 15) is 9.59 Å². The summed E-state index contributed by atoms with van der Waals surface area (Å²) in [6.07, 6.45) is 4.43. The van der Waals surface area contributed by atoms with Crippen molar-refractivity contribution in [3.8, 4) is 0 Å². The van der Waals surface area contributed by atoms with E-state index in [0.717, 1.165) is 0 Å². The molecular weight excluding hydrogens is 156 g/mol. The third-order valence-corrected chi connectivity index (χ3v) is 2.25. The van der Waals surface area contributed by atoms with Crippen molar-refractivity contribution in [1.29, 1.82) is 0 Å². The quantitative estimate of drug-likeness (QED) is 0.334. The second-order valence-electron chi connectivity index (χ2n) is 3.13. The highest BCUT2D eigenvalue weighted by Gasteiger charge is 2.41. The van der Waals surface area contributed by atoms with Crippen molar-refractivity contribution < 1.29 is 14.3 Å². The number of rotatable bonds is 1. The van der Waals surface area contributed by atoms with Gasteiger partial charge in [-0.05, 0) is 13.3 Å². The Labute approximate surface area is 71.4 Å². The van der Waals surface area contributed by atoms with E-state index in [0.29, 0.717) is 12.8 Å². The van der Waals surface area contributed by atoms with Crippen molar-refractivity contribution in [3.05, 3.63) is 12.2 Å². The van der Waals surface area contributed by atoms with E-state index in [1.807, 2.05) is 6.08 Å². The number of carbonyl (C=O) groups excluding carboxylic acids is 2. The predicted molar refractivity (Wildman–Crippen MR) is 43.5 cm³/mol. The number of hydrogen-bond acceptors (Lipinski definition) is 3. The highest BCUT2D eigenvalue weighted by atomic mass is 16.5. The van der Waals surface area contributed by atoms with Crippen molar-refractivity contribution >= 4 is 11.8 Å². The summed E-state index contributed by atoms with van der Waals surface area (Å²) < 4.78 is 4.57. The molecular formula is C9H12O3. The number of methoxy groups -OCH3 is 1. The van der Waals surface area contributed by atoms with Gasteiger partial charge in [0, 0.05) is 6.42 Å². The molecule has 0 fully saturated rings. The fourth-order valence-corrected chi connectivity index (χ4v) is 1.27. The first-order chi connectivity index (χ1) is 5.61. The highest BCUT2D eigenvalue weighted by molar-refractivity contribution is 6.04. The molecule has 0 N–H and O–H groups in total. The van der Waals surface area contributed by atoms with Gasteiger partial charge in [-0.3, -0.25) is 9.59 Å². The molecule has 0 amide bonds. The third kappa shape index (κ3) is 1.26. The Hall–Kier alpha value is -1.12. The lowest BCUT2D eigenvalue weighted by molar-refractivity contribution is -0.156. The molecule has 3 nitrogen and oxygen atoms in total. The van der Waals surface area contributed by atoms with Crippen LogP contribution >= 0.6 is 0 Å². The molecule has 1 aliphatic carbocycles. The molecule has 3 heteroatoms. The van der Waals surface area contributed by atoms with Gasteiger partial charge in [-0.25, -0.2) is 0 Å². The summed E-state index contributed by atoms with van der Waals surface area (Å²) >= 11 is 0. The zero-order chi connectivity index (χ0) is 9.19. The van der Waals surface area contributed by atoms with Gasteiger partial charge in [-0.2, -0.15) is 0 Å². The maximum atomic E-state index is 11.4. The molecule has 0 saturated carbocycles. The average Bonchev–Trinajstić information content (AvgIpc) is 2.09. The van der Waals surface area contributed by atoms with Gasteiger partial charge < -0.3 is 4.74 Å². The molecule has 0 heterocycles. The molecule has 0 aromatic heterocycles. The number of carbonyl (C=O) groups is 2. The Balaban J connectivity index is 2.89. The molecule has 0 aliphatic heterocycles. The number of ketones is 1. The first kappa shape index (κ1) is 8.97. The minimum absolute atomic E-state index is 0.0585. The van der Waals surface area contributed by atoms with Crippen molar-refractivity contribution in [3.63, 3.8) is 0 Å². The molecule has 1 atom stereocenters. The molecule has 1 aliphatic rings. The standard InChI is InChI=1S/C9H12O3/c1-9(8(11)12-2)6-4-3-5-7(9)10/h3-4H,5-6H2,1-2H3/t9-/m0/s1. The predicted octanol–water partition coefficient (Wildman–Crippen LogP) is 1.08. The normalized spacial score (nSPS) is 28.7. The van der Waals surface area contributed by atoms with Crippen LogP contribution in [0.2, 0.25) is 0 Å². The van der Waals surface area contributed by atoms with Crippen LogP contribution in [0.25, 0.3) is 0 Å². The summed E-state index contributed by atoms with van der Waals surface area (Å²) in [5.41, 5.74) is -0.941. The molecule has 0 unspecified atom stereocenters. The Morgan fingerprint density at radius 3 is 2.75 bits per heavy atom. The van der Waals surface area contributed by atoms with Crippen molar-refractivity contribution in [2.75, 3.05) is 7.11 Å². The Bertz CT molecular complexity index is 242. The lowest BCUT2D eigenvalue weighted by atomic mass is 9.78. The fraction of sp³-hybridized carbons (Fsp3) is 0.556. The van der Waals surface area contributed by atoms with E-state index < -0.39 is 11.4 Å². The van der Waals surface area contributed by atoms with Crippen LogP contribution in [0.15, 0.2) is 12.2 Å². The maximum Gasteiger partial charge on any atom is 0.319 e. The molecule has 0 aromatic carbocycles. The summed E-state index contributed by atoms with van der Waals surface area (Å²) in [7, 11) is 1.30. The van der Waals surface area contributed by atoms with Crippen LogP contribution in [0.3, 0.4) is 0 Å². The van der Waals surface area contributed by atoms with Crippen LogP contribution in [0.4, 0.5) is 0 Å². The third-order valence-electron chi connectivity index (χ3n) is 2.25. The van der Waals surface area contributed by atoms with E-state index in [-0.39, 0.29) is 5.78 Å². The molecule has 1 rings (SSSR count). The van der Waals surface area contributed by atoms with Crippen LogP contribution in [-0.4, -0.2) is 18.9 Å². The number of allylic oxidation sites excluding steroid dienone is 2. The van der Waals surface area contributed by atoms with Crippen LogP contribution in [0.5, 0.6) is 0 Å². The van der Waals surface area contributed by atoms with Gasteiger partial charge in [0.1, 0.15) is 5.41 Å². The van der Waals surface area contributed by atoms with Gasteiger partial charge in [-0.15, -0.1) is 0 Å². The second kappa shape index (κ2) is 3.09. The molecule has 0 aromatic rings. The lowest BCUT2D eigenvalue weighted by Gasteiger charge is -2.25. The Morgan fingerprint density at radius 2 is 2.25 bits per heavy atom. The summed E-state index contributed by atoms with van der Waals surface area (Å²) in [5, 5.41) is 0. The smallest absolute Gasteiger partial charge is 0.319 e. The Kier molecular flexibility index (Phi) is 2.31. The van der Waals surface area contributed by atoms with Crippen LogP contribution in [0.1, 0.15) is 19.8 Å². The number of ether oxygens (including phenoxy) is 1. The van der Waals surface area contributed by atoms with Crippen molar-refractivity contribution in [1.82, 2.24) is 0 Å². The van der Waals surface area contributed by atoms with Crippen LogP contribution in [-0.2, 0) is 14.3 Å². The van der Waals surface area contributed by atoms with Gasteiger partial charge in [0.15, 0.2) is 5.78 Å². The molecule has 12 heavy (non-hydrogen) atoms. The van der Waals surface area contributed by atoms with Gasteiger partial charge in [-0.1, -0.05) is 12.2 Å². The van der Waals surface area contributed by atoms with Gasteiger partial charge in [0.25, 0.3) is 0 Å². The van der Waals surface area contributed by atoms with E-state index in [1.54, 1.807) is 13.0 Å². The summed E-state index contributed by atoms with van der Waals surface area (Å²) in [5.74, 6) is -0.492. The monoisotopic (exact) mass is 168 g/mol. The molecule has 0 saturated heterocycles. The zero-order valence-electron chi connectivity index (χ0n) is 7.29. The molecule has 0 spiro atoms. The highest BCUT2D eigenvalue weighted by Crippen LogP contribution is 2.29. The van der Waals surface area contributed by atoms with Crippen LogP contribution < -0.4 is 0 Å². The van der Waals surface area contributed by atoms with Crippen molar-refractivity contribution in [2.45, 2.75) is 19.8 Å². The van der Waals surface area contributed by atoms with Crippen molar-refractivity contribution in [2.24, 2.45) is 5.41 Å². The molecule has 66 valence electrons. The van der Waals surface area contributed by atoms with E-state index in [1.165, 1.54) is 7.11 Å². The number of hydrogen-bond donors (Lipinski definition) is 0. The summed E-state index contributed by atoms with van der Waals surface area (Å²) in [6.45, 7) is 1.63. The average molecular weight is 168 g/mol. The summed E-state index contributed by atoms with van der Waals surface area (Å²) in [6, 6.07) is 0. The molecule has 0 bridgehead atoms. The van der Waals surface area contributed by atoms with Gasteiger partial charge >= 0.3 is 5.97 Å². The minimum Gasteiger partial charge on any atom is -0.468 e. The number of esters is 1. The second-order valence-corrected chi connectivity index (χ2v) is 3.13. The Morgan fingerprint density at radius 1 is 1.58 bits per heavy atom. The SMILES string of the molecule is COC(=O)[C@@]1(C)CC=CCC1=O. The topological polar surface area (TPSA) is 43.4 Å². The van der Waals surface area contributed by atoms with Crippen LogP contribution in [0, 0.1) is 5.41 Å². The maximum absolute atomic E-state index is 11.4. The van der Waals surface area contributed by atoms with Gasteiger partial charge in [0.05, 0.1) is 7.11 Å². The zero-order valence-corrected chi connectivity index (χ0v) is 7.29. The fourth-order valence-electron chi connectivity index (χ4n) is 1.27. The van der Waals surface area contributed by atoms with E-state index >= 15 is 0 Å². The largest absolute Gasteiger partial charge is 0.468 e. The number of Topliss-reactive ketones (excluding diaryl/α,β-unsaturated/α-hetero) is 1. The van der Waals surface area contributed by atoms with E-state index in [2.05, 4.69) is 4.74 Å². The van der Waals surface area contributed by atoms with E-state index in [4.69, 9.17) is 0 Å². The first-order valence-corrected chi connectivity index (χ1v) is 3.88. The molecule has 0 radical (unpaired) electrons. The summed E-state index contributed by atoms with van der Waals surface area (Å²) in [4.78, 5) is 22.6. The lowest BCUT2D eigenvalue weighted by Crippen LogP contribution is -2.38. The van der Waals surface area contributed by atoms with Gasteiger partial charge in [0.2, 0.25) is 0 Å². The first-order valence-electron chi connectivity index (χ1n) is 3.88. The minimum atomic E-state index is -0.941.